The second kappa shape index (κ2) is 6.94. The Hall–Kier alpha value is -2.17. The molecule has 9 heteroatoms. The molecule has 1 aliphatic heterocycles. The van der Waals surface area contributed by atoms with Crippen molar-refractivity contribution in [3.63, 3.8) is 0 Å². The summed E-state index contributed by atoms with van der Waals surface area (Å²) in [6.45, 7) is 2.81. The third-order valence-corrected chi connectivity index (χ3v) is 4.46. The van der Waals surface area contributed by atoms with E-state index in [4.69, 9.17) is 0 Å². The Kier molecular flexibility index (Phi) is 4.74. The van der Waals surface area contributed by atoms with Crippen molar-refractivity contribution in [1.82, 2.24) is 19.9 Å². The zero-order chi connectivity index (χ0) is 16.2. The molecule has 1 fully saturated rings. The molecule has 0 unspecified atom stereocenters. The molecule has 0 radical (unpaired) electrons. The molecule has 0 aliphatic carbocycles. The Balaban J connectivity index is 1.71. The van der Waals surface area contributed by atoms with Gasteiger partial charge in [0.1, 0.15) is 15.3 Å². The lowest BCUT2D eigenvalue weighted by atomic mass is 10.2. The van der Waals surface area contributed by atoms with Crippen LogP contribution in [-0.2, 0) is 0 Å². The van der Waals surface area contributed by atoms with Crippen molar-refractivity contribution in [2.45, 2.75) is 0 Å². The van der Waals surface area contributed by atoms with E-state index in [0.717, 1.165) is 18.9 Å². The average molecular weight is 426 g/mol. The number of amidine groups is 1. The summed E-state index contributed by atoms with van der Waals surface area (Å²) in [5, 5.41) is 22.6. The van der Waals surface area contributed by atoms with Gasteiger partial charge in [-0.05, 0) is 28.7 Å². The maximum Gasteiger partial charge on any atom is 0.177 e. The molecule has 3 rings (SSSR count). The van der Waals surface area contributed by atoms with E-state index in [2.05, 4.69) is 25.0 Å². The third-order valence-electron chi connectivity index (χ3n) is 3.63. The minimum atomic E-state index is 0.0717. The Labute approximate surface area is 146 Å². The van der Waals surface area contributed by atoms with Crippen molar-refractivity contribution in [2.75, 3.05) is 31.1 Å². The summed E-state index contributed by atoms with van der Waals surface area (Å²) in [5.41, 5.74) is 0.582. The van der Waals surface area contributed by atoms with Gasteiger partial charge in [-0.1, -0.05) is 5.16 Å². The van der Waals surface area contributed by atoms with Crippen molar-refractivity contribution in [2.24, 2.45) is 5.16 Å². The van der Waals surface area contributed by atoms with Crippen LogP contribution in [0.2, 0.25) is 0 Å². The molecule has 1 aliphatic rings. The number of rotatable bonds is 2. The number of aromatic nitrogens is 3. The van der Waals surface area contributed by atoms with Gasteiger partial charge in [-0.3, -0.25) is 4.98 Å². The van der Waals surface area contributed by atoms with Crippen LogP contribution in [0.3, 0.4) is 0 Å². The van der Waals surface area contributed by atoms with E-state index in [0.29, 0.717) is 28.2 Å². The van der Waals surface area contributed by atoms with E-state index in [1.807, 2.05) is 27.5 Å². The molecule has 120 valence electrons. The van der Waals surface area contributed by atoms with Crippen LogP contribution in [-0.4, -0.2) is 62.2 Å². The first-order valence-electron chi connectivity index (χ1n) is 7.02. The molecule has 0 aromatic carbocycles. The number of anilines is 1. The molecular weight excluding hydrogens is 411 g/mol. The van der Waals surface area contributed by atoms with Crippen molar-refractivity contribution in [1.29, 1.82) is 0 Å². The Morgan fingerprint density at radius 2 is 1.91 bits per heavy atom. The highest BCUT2D eigenvalue weighted by Gasteiger charge is 2.23. The quantitative estimate of drug-likeness (QED) is 0.186. The lowest BCUT2D eigenvalue weighted by Gasteiger charge is -2.36. The van der Waals surface area contributed by atoms with Crippen molar-refractivity contribution in [3.8, 4) is 5.75 Å². The molecule has 0 amide bonds. The minimum absolute atomic E-state index is 0.0717. The standard InChI is InChI=1S/C14H15IN6O2/c15-13-11(22)7-10(8-18-13)14(19-23)21-5-3-20(4-6-21)12-9-16-1-2-17-12/h1-2,7-9,22-23H,3-6H2. The topological polar surface area (TPSA) is 98.0 Å². The average Bonchev–Trinajstić information content (AvgIpc) is 2.60. The predicted molar refractivity (Wildman–Crippen MR) is 92.8 cm³/mol. The zero-order valence-electron chi connectivity index (χ0n) is 12.2. The van der Waals surface area contributed by atoms with Crippen LogP contribution in [0.5, 0.6) is 5.75 Å². The molecule has 0 atom stereocenters. The summed E-state index contributed by atoms with van der Waals surface area (Å²) >= 11 is 1.94. The molecule has 23 heavy (non-hydrogen) atoms. The number of oxime groups is 1. The van der Waals surface area contributed by atoms with Gasteiger partial charge in [-0.15, -0.1) is 0 Å². The number of piperazine rings is 1. The molecule has 2 aromatic rings. The first-order chi connectivity index (χ1) is 11.2. The summed E-state index contributed by atoms with van der Waals surface area (Å²) < 4.78 is 0.510. The van der Waals surface area contributed by atoms with E-state index in [1.165, 1.54) is 0 Å². The molecule has 0 saturated carbocycles. The van der Waals surface area contributed by atoms with Gasteiger partial charge >= 0.3 is 0 Å². The zero-order valence-corrected chi connectivity index (χ0v) is 14.3. The van der Waals surface area contributed by atoms with Crippen LogP contribution in [0.4, 0.5) is 5.82 Å². The summed E-state index contributed by atoms with van der Waals surface area (Å²) in [6.07, 6.45) is 6.64. The number of halogens is 1. The van der Waals surface area contributed by atoms with Crippen molar-refractivity contribution >= 4 is 34.2 Å². The van der Waals surface area contributed by atoms with Crippen LogP contribution >= 0.6 is 22.6 Å². The molecule has 8 nitrogen and oxygen atoms in total. The lowest BCUT2D eigenvalue weighted by molar-refractivity contribution is 0.295. The number of hydrogen-bond acceptors (Lipinski definition) is 7. The van der Waals surface area contributed by atoms with Crippen LogP contribution in [0.15, 0.2) is 36.0 Å². The van der Waals surface area contributed by atoms with Crippen LogP contribution in [0.1, 0.15) is 5.56 Å². The second-order valence-electron chi connectivity index (χ2n) is 5.00. The molecule has 2 N–H and O–H groups in total. The van der Waals surface area contributed by atoms with E-state index in [1.54, 1.807) is 30.9 Å². The molecule has 0 spiro atoms. The van der Waals surface area contributed by atoms with Gasteiger partial charge < -0.3 is 20.1 Å². The molecule has 2 aromatic heterocycles. The highest BCUT2D eigenvalue weighted by atomic mass is 127. The largest absolute Gasteiger partial charge is 0.505 e. The second-order valence-corrected chi connectivity index (χ2v) is 6.02. The van der Waals surface area contributed by atoms with Gasteiger partial charge in [0, 0.05) is 50.3 Å². The summed E-state index contributed by atoms with van der Waals surface area (Å²) in [6, 6.07) is 1.55. The molecule has 1 saturated heterocycles. The van der Waals surface area contributed by atoms with Gasteiger partial charge in [0.25, 0.3) is 0 Å². The number of hydrogen-bond donors (Lipinski definition) is 2. The van der Waals surface area contributed by atoms with Crippen LogP contribution < -0.4 is 4.90 Å². The predicted octanol–water partition coefficient (Wildman–Crippen LogP) is 1.14. The fourth-order valence-corrected chi connectivity index (χ4v) is 2.76. The summed E-state index contributed by atoms with van der Waals surface area (Å²) in [4.78, 5) is 16.5. The normalized spacial score (nSPS) is 15.8. The summed E-state index contributed by atoms with van der Waals surface area (Å²) in [5.74, 6) is 1.31. The monoisotopic (exact) mass is 426 g/mol. The Bertz CT molecular complexity index is 704. The van der Waals surface area contributed by atoms with Gasteiger partial charge in [-0.2, -0.15) is 0 Å². The number of aromatic hydroxyl groups is 1. The maximum absolute atomic E-state index is 9.79. The SMILES string of the molecule is ON=C(c1cnc(I)c(O)c1)N1CCN(c2cnccn2)CC1. The third kappa shape index (κ3) is 3.44. The Morgan fingerprint density at radius 3 is 2.52 bits per heavy atom. The molecular formula is C14H15IN6O2. The molecule has 3 heterocycles. The van der Waals surface area contributed by atoms with Gasteiger partial charge in [0.05, 0.1) is 6.20 Å². The fourth-order valence-electron chi connectivity index (χ4n) is 2.46. The maximum atomic E-state index is 9.79. The van der Waals surface area contributed by atoms with Crippen molar-refractivity contribution in [3.05, 3.63) is 40.1 Å². The highest BCUT2D eigenvalue weighted by Crippen LogP contribution is 2.20. The lowest BCUT2D eigenvalue weighted by Crippen LogP contribution is -2.49. The van der Waals surface area contributed by atoms with E-state index < -0.39 is 0 Å². The van der Waals surface area contributed by atoms with E-state index in [-0.39, 0.29) is 5.75 Å². The van der Waals surface area contributed by atoms with Crippen LogP contribution in [0.25, 0.3) is 0 Å². The number of nitrogens with zero attached hydrogens (tertiary/aromatic N) is 6. The smallest absolute Gasteiger partial charge is 0.177 e. The summed E-state index contributed by atoms with van der Waals surface area (Å²) in [7, 11) is 0. The van der Waals surface area contributed by atoms with Gasteiger partial charge in [-0.25, -0.2) is 9.97 Å². The van der Waals surface area contributed by atoms with Crippen LogP contribution in [0, 0.1) is 3.70 Å². The van der Waals surface area contributed by atoms with Gasteiger partial charge in [0.2, 0.25) is 0 Å². The van der Waals surface area contributed by atoms with E-state index in [9.17, 15) is 10.3 Å². The Morgan fingerprint density at radius 1 is 1.13 bits per heavy atom. The fraction of sp³-hybridized carbons (Fsp3) is 0.286. The number of pyridine rings is 1. The highest BCUT2D eigenvalue weighted by molar-refractivity contribution is 14.1. The van der Waals surface area contributed by atoms with E-state index >= 15 is 0 Å². The first-order valence-corrected chi connectivity index (χ1v) is 8.10. The molecule has 0 bridgehead atoms. The van der Waals surface area contributed by atoms with Gasteiger partial charge in [0.15, 0.2) is 5.84 Å². The first kappa shape index (κ1) is 15.7. The minimum Gasteiger partial charge on any atom is -0.505 e. The van der Waals surface area contributed by atoms with Crippen molar-refractivity contribution < 1.29 is 10.3 Å².